The van der Waals surface area contributed by atoms with Crippen molar-refractivity contribution in [3.8, 4) is 0 Å². The van der Waals surface area contributed by atoms with Crippen LogP contribution in [0.1, 0.15) is 74.1 Å². The molecule has 2 aromatic carbocycles. The summed E-state index contributed by atoms with van der Waals surface area (Å²) in [6.45, 7) is 9.72. The second-order valence-corrected chi connectivity index (χ2v) is 22.2. The quantitative estimate of drug-likeness (QED) is 0.177. The average molecular weight is 650 g/mol. The van der Waals surface area contributed by atoms with Gasteiger partial charge in [0.25, 0.3) is 0 Å². The molecule has 0 heterocycles. The number of nitrogens with one attached hydrogen (secondary N) is 2. The maximum atomic E-state index is 13.2. The Balaban J connectivity index is 2.19. The molecular weight excluding hydrogens is 611 g/mol. The van der Waals surface area contributed by atoms with Gasteiger partial charge in [0.1, 0.15) is 0 Å². The van der Waals surface area contributed by atoms with Crippen LogP contribution in [0.25, 0.3) is 0 Å². The first-order valence-electron chi connectivity index (χ1n) is 12.1. The van der Waals surface area contributed by atoms with Crippen molar-refractivity contribution in [1.82, 2.24) is 0 Å². The van der Waals surface area contributed by atoms with E-state index in [4.69, 9.17) is 5.37 Å². The molecule has 2 rings (SSSR count). The van der Waals surface area contributed by atoms with Crippen LogP contribution in [0.3, 0.4) is 0 Å². The summed E-state index contributed by atoms with van der Waals surface area (Å²) in [6, 6.07) is 14.7. The summed E-state index contributed by atoms with van der Waals surface area (Å²) in [5.41, 5.74) is 2.47. The molecule has 0 aliphatic rings. The number of unbranched alkanes of at least 4 members (excludes halogenated alkanes) is 2. The zero-order chi connectivity index (χ0) is 24.1. The van der Waals surface area contributed by atoms with Crippen molar-refractivity contribution in [3.05, 3.63) is 59.7 Å². The minimum atomic E-state index is -4.17. The van der Waals surface area contributed by atoms with E-state index in [2.05, 4.69) is 24.5 Å². The van der Waals surface area contributed by atoms with Gasteiger partial charge in [0.15, 0.2) is 0 Å². The average Bonchev–Trinajstić information content (AvgIpc) is 2.84. The van der Waals surface area contributed by atoms with Gasteiger partial charge in [-0.1, -0.05) is 0 Å². The first-order valence-corrected chi connectivity index (χ1v) is 20.8. The van der Waals surface area contributed by atoms with Crippen molar-refractivity contribution >= 4 is 45.4 Å². The molecule has 0 unspecified atom stereocenters. The summed E-state index contributed by atoms with van der Waals surface area (Å²) < 4.78 is 13.3. The summed E-state index contributed by atoms with van der Waals surface area (Å²) in [5.74, 6) is -0.829. The monoisotopic (exact) mass is 650 g/mol. The first kappa shape index (κ1) is 27.1. The van der Waals surface area contributed by atoms with Gasteiger partial charge < -0.3 is 0 Å². The van der Waals surface area contributed by atoms with Gasteiger partial charge in [-0.3, -0.25) is 0 Å². The Morgan fingerprint density at radius 3 is 1.45 bits per heavy atom. The molecule has 6 nitrogen and oxygen atoms in total. The van der Waals surface area contributed by atoms with Crippen LogP contribution in [0.5, 0.6) is 0 Å². The third kappa shape index (κ3) is 8.01. The fraction of sp³-hybridized carbons (Fsp3) is 0.462. The summed E-state index contributed by atoms with van der Waals surface area (Å²) >= 11 is -4.17. The van der Waals surface area contributed by atoms with Gasteiger partial charge >= 0.3 is 205 Å². The van der Waals surface area contributed by atoms with Crippen LogP contribution in [0.2, 0.25) is 7.96 Å². The summed E-state index contributed by atoms with van der Waals surface area (Å²) in [4.78, 5) is 26.4. The molecule has 0 aromatic heterocycles. The van der Waals surface area contributed by atoms with E-state index in [1.165, 1.54) is 0 Å². The van der Waals surface area contributed by atoms with E-state index in [9.17, 15) is 9.59 Å². The number of carbonyl (C=O) groups is 2. The van der Waals surface area contributed by atoms with E-state index < -0.39 is 34.0 Å². The van der Waals surface area contributed by atoms with Crippen molar-refractivity contribution in [3.63, 3.8) is 0 Å². The molecule has 0 atom stereocenters. The molecule has 0 amide bonds. The van der Waals surface area contributed by atoms with Gasteiger partial charge in [0, 0.05) is 0 Å². The van der Waals surface area contributed by atoms with Crippen molar-refractivity contribution in [2.75, 3.05) is 23.7 Å². The molecule has 180 valence electrons. The van der Waals surface area contributed by atoms with Gasteiger partial charge in [-0.05, 0) is 0 Å². The SMILES string of the molecule is CCCCNc1ccccc1C(=O)[O][Pb]([CH2]C)([CH2]C)[O]C(=O)c1ccccc1NCCCC. The van der Waals surface area contributed by atoms with E-state index in [-0.39, 0.29) is 0 Å². The standard InChI is InChI=1S/2C11H15NO2.2C2H5.Pb/c2*1-2-3-8-12-10-7-5-4-6-9(10)11(13)14;2*1-2;/h2*4-7,12H,2-3,8H2,1H3,(H,13,14);2*1H2,2H3;/q;;;;+2/p-2. The summed E-state index contributed by atoms with van der Waals surface area (Å²) in [5, 5.41) is 6.65. The Hall–Kier alpha value is -2.10. The first-order chi connectivity index (χ1) is 16.0. The topological polar surface area (TPSA) is 76.7 Å². The number of rotatable bonds is 14. The van der Waals surface area contributed by atoms with Crippen LogP contribution in [0.4, 0.5) is 11.4 Å². The molecule has 0 saturated carbocycles. The Bertz CT molecular complexity index is 830. The molecule has 0 spiro atoms. The Morgan fingerprint density at radius 2 is 1.09 bits per heavy atom. The molecule has 0 saturated heterocycles. The number of anilines is 2. The Morgan fingerprint density at radius 1 is 0.697 bits per heavy atom. The second-order valence-electron chi connectivity index (χ2n) is 8.05. The van der Waals surface area contributed by atoms with Crippen LogP contribution in [0, 0.1) is 0 Å². The van der Waals surface area contributed by atoms with Crippen LogP contribution < -0.4 is 10.6 Å². The van der Waals surface area contributed by atoms with E-state index in [0.29, 0.717) is 19.1 Å². The number of hydrogen-bond acceptors (Lipinski definition) is 6. The third-order valence-electron chi connectivity index (χ3n) is 5.62. The molecule has 33 heavy (non-hydrogen) atoms. The van der Waals surface area contributed by atoms with Crippen LogP contribution in [0.15, 0.2) is 48.5 Å². The van der Waals surface area contributed by atoms with Gasteiger partial charge in [-0.25, -0.2) is 0 Å². The van der Waals surface area contributed by atoms with Gasteiger partial charge in [-0.15, -0.1) is 0 Å². The number of carbonyl (C=O) groups excluding carboxylic acids is 2. The second kappa shape index (κ2) is 14.2. The van der Waals surface area contributed by atoms with Crippen LogP contribution in [-0.2, 0) is 5.37 Å². The van der Waals surface area contributed by atoms with E-state index in [0.717, 1.165) is 50.1 Å². The minimum absolute atomic E-state index is 0.415. The molecule has 7 heteroatoms. The number of para-hydroxylation sites is 2. The predicted molar refractivity (Wildman–Crippen MR) is 137 cm³/mol. The molecule has 0 aliphatic heterocycles. The molecule has 0 aliphatic carbocycles. The fourth-order valence-electron chi connectivity index (χ4n) is 3.44. The molecule has 0 radical (unpaired) electrons. The predicted octanol–water partition coefficient (Wildman–Crippen LogP) is 6.61. The molecule has 0 bridgehead atoms. The number of benzene rings is 2. The van der Waals surface area contributed by atoms with Gasteiger partial charge in [0.05, 0.1) is 0 Å². The molecule has 2 N–H and O–H groups in total. The zero-order valence-corrected chi connectivity index (χ0v) is 24.3. The van der Waals surface area contributed by atoms with E-state index >= 15 is 0 Å². The Labute approximate surface area is 204 Å². The van der Waals surface area contributed by atoms with E-state index in [1.54, 1.807) is 12.1 Å². The number of hydrogen-bond donors (Lipinski definition) is 2. The van der Waals surface area contributed by atoms with Crippen molar-refractivity contribution in [1.29, 1.82) is 0 Å². The van der Waals surface area contributed by atoms with Crippen molar-refractivity contribution in [2.45, 2.75) is 61.3 Å². The fourth-order valence-corrected chi connectivity index (χ4v) is 11.3. The Kier molecular flexibility index (Phi) is 11.7. The van der Waals surface area contributed by atoms with Crippen LogP contribution >= 0.6 is 0 Å². The molecular formula is C26H38N2O4Pb. The zero-order valence-electron chi connectivity index (χ0n) is 20.4. The third-order valence-corrected chi connectivity index (χ3v) is 18.3. The summed E-state index contributed by atoms with van der Waals surface area (Å²) in [7, 11) is 0. The summed E-state index contributed by atoms with van der Waals surface area (Å²) in [6.07, 6.45) is 4.16. The van der Waals surface area contributed by atoms with Crippen molar-refractivity contribution in [2.24, 2.45) is 0 Å². The van der Waals surface area contributed by atoms with Gasteiger partial charge in [-0.2, -0.15) is 0 Å². The molecule has 2 aromatic rings. The molecule has 0 fully saturated rings. The normalized spacial score (nSPS) is 11.0. The van der Waals surface area contributed by atoms with Crippen LogP contribution in [-0.4, -0.2) is 47.1 Å². The van der Waals surface area contributed by atoms with Gasteiger partial charge in [0.2, 0.25) is 0 Å². The van der Waals surface area contributed by atoms with E-state index in [1.807, 2.05) is 50.2 Å². The van der Waals surface area contributed by atoms with Crippen molar-refractivity contribution < 1.29 is 15.0 Å². The maximum absolute atomic E-state index is 13.2.